The summed E-state index contributed by atoms with van der Waals surface area (Å²) in [6.07, 6.45) is 5.92. The molecule has 3 aromatic rings. The van der Waals surface area contributed by atoms with E-state index in [4.69, 9.17) is 9.47 Å². The van der Waals surface area contributed by atoms with E-state index < -0.39 is 5.82 Å². The number of ether oxygens (including phenoxy) is 2. The molecule has 6 rings (SSSR count). The molecule has 12 heteroatoms. The molecule has 1 aliphatic carbocycles. The topological polar surface area (TPSA) is 127 Å². The van der Waals surface area contributed by atoms with Gasteiger partial charge in [-0.2, -0.15) is 5.10 Å². The molecule has 1 saturated heterocycles. The van der Waals surface area contributed by atoms with Crippen LogP contribution in [-0.4, -0.2) is 67.2 Å². The zero-order chi connectivity index (χ0) is 25.6. The standard InChI is InChI=1S/C25H28FN7O4/c1-36-22-8-17(18(26)12-27-22)19-9-20(31-30-19)24(35)33-5-2-15(10-25(33)3-4-25)23(34)28-11-16-13-32-6-7-37-14-21(32)29-16/h8-9,12-13,15H,2-7,10-11,14H2,1H3,(H,28,34)(H,30,31)/t15-/m0/s1. The lowest BCUT2D eigenvalue weighted by atomic mass is 9.88. The summed E-state index contributed by atoms with van der Waals surface area (Å²) in [7, 11) is 1.45. The summed E-state index contributed by atoms with van der Waals surface area (Å²) in [5, 5.41) is 9.95. The fourth-order valence-corrected chi connectivity index (χ4v) is 5.35. The molecule has 1 atom stereocenters. The highest BCUT2D eigenvalue weighted by atomic mass is 19.1. The highest BCUT2D eigenvalue weighted by Gasteiger charge is 2.54. The van der Waals surface area contributed by atoms with Gasteiger partial charge in [0.15, 0.2) is 11.5 Å². The minimum atomic E-state index is -0.544. The molecule has 11 nitrogen and oxygen atoms in total. The van der Waals surface area contributed by atoms with Gasteiger partial charge in [0, 0.05) is 42.4 Å². The lowest BCUT2D eigenvalue weighted by molar-refractivity contribution is -0.127. The van der Waals surface area contributed by atoms with Crippen LogP contribution in [0.5, 0.6) is 5.88 Å². The summed E-state index contributed by atoms with van der Waals surface area (Å²) in [5.74, 6) is 0.207. The summed E-state index contributed by atoms with van der Waals surface area (Å²) in [4.78, 5) is 36.6. The molecule has 3 aromatic heterocycles. The number of hydrogen-bond donors (Lipinski definition) is 2. The number of methoxy groups -OCH3 is 1. The van der Waals surface area contributed by atoms with E-state index in [-0.39, 0.29) is 40.4 Å². The van der Waals surface area contributed by atoms with E-state index in [1.807, 2.05) is 11.1 Å². The molecule has 194 valence electrons. The van der Waals surface area contributed by atoms with Crippen molar-refractivity contribution in [1.82, 2.24) is 34.9 Å². The van der Waals surface area contributed by atoms with Crippen LogP contribution in [0.2, 0.25) is 0 Å². The predicted molar refractivity (Wildman–Crippen MR) is 128 cm³/mol. The number of halogens is 1. The van der Waals surface area contributed by atoms with E-state index in [1.54, 1.807) is 6.07 Å². The maximum Gasteiger partial charge on any atom is 0.274 e. The van der Waals surface area contributed by atoms with Gasteiger partial charge in [0.2, 0.25) is 11.8 Å². The molecule has 2 N–H and O–H groups in total. The molecule has 37 heavy (non-hydrogen) atoms. The number of rotatable bonds is 6. The molecule has 0 aromatic carbocycles. The van der Waals surface area contributed by atoms with E-state index in [2.05, 4.69) is 30.0 Å². The Kier molecular flexibility index (Phi) is 5.90. The smallest absolute Gasteiger partial charge is 0.274 e. The van der Waals surface area contributed by atoms with Gasteiger partial charge in [0.05, 0.1) is 37.8 Å². The van der Waals surface area contributed by atoms with Crippen LogP contribution in [0, 0.1) is 11.7 Å². The number of likely N-dealkylation sites (tertiary alicyclic amines) is 1. The van der Waals surface area contributed by atoms with Crippen molar-refractivity contribution in [3.63, 3.8) is 0 Å². The number of amides is 2. The number of piperidine rings is 1. The van der Waals surface area contributed by atoms with Crippen LogP contribution >= 0.6 is 0 Å². The summed E-state index contributed by atoms with van der Waals surface area (Å²) < 4.78 is 26.9. The van der Waals surface area contributed by atoms with Crippen molar-refractivity contribution in [3.8, 4) is 17.1 Å². The van der Waals surface area contributed by atoms with Crippen LogP contribution in [0.3, 0.4) is 0 Å². The lowest BCUT2D eigenvalue weighted by Gasteiger charge is -2.39. The Bertz CT molecular complexity index is 1330. The maximum atomic E-state index is 14.3. The van der Waals surface area contributed by atoms with Crippen molar-refractivity contribution < 1.29 is 23.5 Å². The molecule has 0 unspecified atom stereocenters. The van der Waals surface area contributed by atoms with Crippen molar-refractivity contribution in [2.75, 3.05) is 20.3 Å². The second-order valence-corrected chi connectivity index (χ2v) is 9.86. The number of pyridine rings is 1. The molecule has 1 saturated carbocycles. The summed E-state index contributed by atoms with van der Waals surface area (Å²) in [6, 6.07) is 3.00. The van der Waals surface area contributed by atoms with Crippen molar-refractivity contribution in [2.45, 2.75) is 50.9 Å². The third kappa shape index (κ3) is 4.45. The first-order chi connectivity index (χ1) is 18.0. The largest absolute Gasteiger partial charge is 0.481 e. The minimum absolute atomic E-state index is 0.00948. The first-order valence-electron chi connectivity index (χ1n) is 12.4. The van der Waals surface area contributed by atoms with E-state index in [1.165, 1.54) is 13.2 Å². The van der Waals surface area contributed by atoms with Crippen LogP contribution < -0.4 is 10.1 Å². The molecule has 0 radical (unpaired) electrons. The van der Waals surface area contributed by atoms with Crippen molar-refractivity contribution in [2.24, 2.45) is 5.92 Å². The molecule has 2 fully saturated rings. The van der Waals surface area contributed by atoms with Gasteiger partial charge < -0.3 is 24.3 Å². The average Bonchev–Trinajstić information content (AvgIpc) is 3.31. The Morgan fingerprint density at radius 2 is 2.19 bits per heavy atom. The Hall–Kier alpha value is -3.80. The number of carbonyl (C=O) groups excluding carboxylic acids is 2. The number of hydrogen-bond acceptors (Lipinski definition) is 7. The molecule has 3 aliphatic rings. The van der Waals surface area contributed by atoms with Gasteiger partial charge >= 0.3 is 0 Å². The maximum absolute atomic E-state index is 14.3. The second kappa shape index (κ2) is 9.25. The van der Waals surface area contributed by atoms with Gasteiger partial charge in [0.25, 0.3) is 5.91 Å². The monoisotopic (exact) mass is 509 g/mol. The minimum Gasteiger partial charge on any atom is -0.481 e. The molecule has 5 heterocycles. The zero-order valence-corrected chi connectivity index (χ0v) is 20.5. The third-order valence-electron chi connectivity index (χ3n) is 7.53. The Labute approximate surface area is 212 Å². The van der Waals surface area contributed by atoms with Gasteiger partial charge in [-0.3, -0.25) is 14.7 Å². The Balaban J connectivity index is 1.10. The van der Waals surface area contributed by atoms with Gasteiger partial charge in [-0.1, -0.05) is 0 Å². The number of nitrogens with one attached hydrogen (secondary N) is 2. The van der Waals surface area contributed by atoms with Crippen molar-refractivity contribution in [3.05, 3.63) is 47.6 Å². The first-order valence-corrected chi connectivity index (χ1v) is 12.4. The van der Waals surface area contributed by atoms with Crippen LogP contribution in [0.25, 0.3) is 11.3 Å². The number of nitrogens with zero attached hydrogens (tertiary/aromatic N) is 5. The molecule has 2 aliphatic heterocycles. The quantitative estimate of drug-likeness (QED) is 0.521. The number of fused-ring (bicyclic) bond motifs is 1. The van der Waals surface area contributed by atoms with E-state index >= 15 is 0 Å². The van der Waals surface area contributed by atoms with Crippen molar-refractivity contribution >= 4 is 11.8 Å². The molecule has 2 amide bonds. The molecular weight excluding hydrogens is 481 g/mol. The first kappa shape index (κ1) is 23.6. The summed E-state index contributed by atoms with van der Waals surface area (Å²) in [5.41, 5.74) is 1.30. The normalized spacial score (nSPS) is 19.9. The molecule has 1 spiro atoms. The Morgan fingerprint density at radius 3 is 2.97 bits per heavy atom. The number of aromatic amines is 1. The number of carbonyl (C=O) groups is 2. The van der Waals surface area contributed by atoms with Gasteiger partial charge in [-0.25, -0.2) is 14.4 Å². The van der Waals surface area contributed by atoms with E-state index in [0.717, 1.165) is 37.1 Å². The van der Waals surface area contributed by atoms with Gasteiger partial charge in [0.1, 0.15) is 12.4 Å². The summed E-state index contributed by atoms with van der Waals surface area (Å²) >= 11 is 0. The average molecular weight is 510 g/mol. The Morgan fingerprint density at radius 1 is 1.32 bits per heavy atom. The SMILES string of the molecule is COc1cc(-c2cc(C(=O)N3CC[C@H](C(=O)NCc4cn5c(n4)COCC5)CC34CC4)n[nH]2)c(F)cn1. The third-order valence-corrected chi connectivity index (χ3v) is 7.53. The van der Waals surface area contributed by atoms with Crippen LogP contribution in [0.1, 0.15) is 47.7 Å². The van der Waals surface area contributed by atoms with E-state index in [9.17, 15) is 14.0 Å². The molecular formula is C25H28FN7O4. The predicted octanol–water partition coefficient (Wildman–Crippen LogP) is 2.05. The fraction of sp³-hybridized carbons (Fsp3) is 0.480. The van der Waals surface area contributed by atoms with Crippen molar-refractivity contribution in [1.29, 1.82) is 0 Å². The highest BCUT2D eigenvalue weighted by molar-refractivity contribution is 5.94. The van der Waals surface area contributed by atoms with Crippen LogP contribution in [-0.2, 0) is 29.2 Å². The van der Waals surface area contributed by atoms with Crippen LogP contribution in [0.4, 0.5) is 4.39 Å². The van der Waals surface area contributed by atoms with E-state index in [0.29, 0.717) is 44.8 Å². The highest BCUT2D eigenvalue weighted by Crippen LogP contribution is 2.50. The van der Waals surface area contributed by atoms with Gasteiger partial charge in [-0.05, 0) is 31.7 Å². The zero-order valence-electron chi connectivity index (χ0n) is 20.5. The number of imidazole rings is 1. The number of H-pyrrole nitrogens is 1. The second-order valence-electron chi connectivity index (χ2n) is 9.86. The summed E-state index contributed by atoms with van der Waals surface area (Å²) in [6.45, 7) is 2.77. The number of aromatic nitrogens is 5. The fourth-order valence-electron chi connectivity index (χ4n) is 5.35. The lowest BCUT2D eigenvalue weighted by Crippen LogP contribution is -2.50. The van der Waals surface area contributed by atoms with Crippen LogP contribution in [0.15, 0.2) is 24.5 Å². The van der Waals surface area contributed by atoms with Gasteiger partial charge in [-0.15, -0.1) is 0 Å². The molecule has 0 bridgehead atoms.